The number of rotatable bonds is 9. The number of carbonyl (C=O) groups excluding carboxylic acids is 2. The summed E-state index contributed by atoms with van der Waals surface area (Å²) in [6, 6.07) is 9.45. The van der Waals surface area contributed by atoms with Gasteiger partial charge in [-0.1, -0.05) is 25.1 Å². The van der Waals surface area contributed by atoms with Crippen LogP contribution in [0.1, 0.15) is 6.92 Å². The Morgan fingerprint density at radius 3 is 2.41 bits per heavy atom. The second-order valence-electron chi connectivity index (χ2n) is 5.10. The molecule has 0 aliphatic rings. The largest absolute Gasteiger partial charge is 0.492 e. The van der Waals surface area contributed by atoms with Gasteiger partial charge in [0.25, 0.3) is 0 Å². The monoisotopic (exact) mass is 307 g/mol. The van der Waals surface area contributed by atoms with Crippen LogP contribution in [0.25, 0.3) is 0 Å². The van der Waals surface area contributed by atoms with Crippen LogP contribution in [0.2, 0.25) is 0 Å². The molecular formula is C16H25N3O3. The molecule has 122 valence electrons. The molecule has 2 amide bonds. The molecular weight excluding hydrogens is 282 g/mol. The average Bonchev–Trinajstić information content (AvgIpc) is 2.51. The number of carbonyl (C=O) groups is 2. The van der Waals surface area contributed by atoms with Crippen LogP contribution < -0.4 is 10.1 Å². The lowest BCUT2D eigenvalue weighted by Gasteiger charge is -2.21. The summed E-state index contributed by atoms with van der Waals surface area (Å²) < 4.78 is 5.49. The van der Waals surface area contributed by atoms with E-state index in [2.05, 4.69) is 5.32 Å². The lowest BCUT2D eigenvalue weighted by molar-refractivity contribution is -0.130. The van der Waals surface area contributed by atoms with Gasteiger partial charge in [-0.15, -0.1) is 0 Å². The molecule has 0 aromatic heterocycles. The SMILES string of the molecule is CCN(CC(=O)NCCOc1ccccc1)CC(=O)N(C)C. The van der Waals surface area contributed by atoms with Gasteiger partial charge in [-0.2, -0.15) is 0 Å². The molecule has 0 bridgehead atoms. The normalized spacial score (nSPS) is 10.4. The first-order chi connectivity index (χ1) is 10.5. The standard InChI is InChI=1S/C16H25N3O3/c1-4-19(13-16(21)18(2)3)12-15(20)17-10-11-22-14-8-6-5-7-9-14/h5-9H,4,10-13H2,1-3H3,(H,17,20). The molecule has 0 heterocycles. The van der Waals surface area contributed by atoms with Crippen LogP contribution >= 0.6 is 0 Å². The second-order valence-corrected chi connectivity index (χ2v) is 5.10. The van der Waals surface area contributed by atoms with Crippen LogP contribution in [0.4, 0.5) is 0 Å². The Labute approximate surface area is 132 Å². The molecule has 0 saturated heterocycles. The van der Waals surface area contributed by atoms with E-state index in [0.29, 0.717) is 19.7 Å². The van der Waals surface area contributed by atoms with Gasteiger partial charge in [-0.25, -0.2) is 0 Å². The van der Waals surface area contributed by atoms with Gasteiger partial charge in [0.1, 0.15) is 12.4 Å². The van der Waals surface area contributed by atoms with E-state index in [-0.39, 0.29) is 24.9 Å². The quantitative estimate of drug-likeness (QED) is 0.678. The van der Waals surface area contributed by atoms with Crippen molar-refractivity contribution in [2.24, 2.45) is 0 Å². The molecule has 1 aromatic rings. The average molecular weight is 307 g/mol. The third-order valence-corrected chi connectivity index (χ3v) is 3.11. The molecule has 0 fully saturated rings. The predicted molar refractivity (Wildman–Crippen MR) is 85.8 cm³/mol. The molecule has 0 aliphatic heterocycles. The first-order valence-corrected chi connectivity index (χ1v) is 7.40. The Morgan fingerprint density at radius 1 is 1.14 bits per heavy atom. The van der Waals surface area contributed by atoms with E-state index in [4.69, 9.17) is 4.74 Å². The molecule has 0 aliphatic carbocycles. The van der Waals surface area contributed by atoms with Crippen molar-refractivity contribution in [2.45, 2.75) is 6.92 Å². The zero-order valence-electron chi connectivity index (χ0n) is 13.5. The van der Waals surface area contributed by atoms with Crippen LogP contribution in [-0.2, 0) is 9.59 Å². The fourth-order valence-corrected chi connectivity index (χ4v) is 1.75. The lowest BCUT2D eigenvalue weighted by atomic mass is 10.3. The van der Waals surface area contributed by atoms with E-state index in [1.165, 1.54) is 4.90 Å². The summed E-state index contributed by atoms with van der Waals surface area (Å²) >= 11 is 0. The summed E-state index contributed by atoms with van der Waals surface area (Å²) in [6.07, 6.45) is 0. The highest BCUT2D eigenvalue weighted by Gasteiger charge is 2.13. The number of hydrogen-bond donors (Lipinski definition) is 1. The zero-order valence-corrected chi connectivity index (χ0v) is 13.5. The van der Waals surface area contributed by atoms with Crippen molar-refractivity contribution in [1.29, 1.82) is 0 Å². The van der Waals surface area contributed by atoms with Crippen molar-refractivity contribution in [3.8, 4) is 5.75 Å². The fourth-order valence-electron chi connectivity index (χ4n) is 1.75. The van der Waals surface area contributed by atoms with E-state index < -0.39 is 0 Å². The molecule has 1 aromatic carbocycles. The smallest absolute Gasteiger partial charge is 0.236 e. The fraction of sp³-hybridized carbons (Fsp3) is 0.500. The summed E-state index contributed by atoms with van der Waals surface area (Å²) in [5.74, 6) is 0.663. The number of para-hydroxylation sites is 1. The van der Waals surface area contributed by atoms with Crippen molar-refractivity contribution in [2.75, 3.05) is 46.9 Å². The molecule has 0 unspecified atom stereocenters. The summed E-state index contributed by atoms with van der Waals surface area (Å²) in [5, 5.41) is 2.79. The van der Waals surface area contributed by atoms with Gasteiger partial charge in [0.05, 0.1) is 19.6 Å². The lowest BCUT2D eigenvalue weighted by Crippen LogP contribution is -2.43. The van der Waals surface area contributed by atoms with Gasteiger partial charge >= 0.3 is 0 Å². The van der Waals surface area contributed by atoms with Gasteiger partial charge in [0.2, 0.25) is 11.8 Å². The molecule has 1 rings (SSSR count). The van der Waals surface area contributed by atoms with Gasteiger partial charge < -0.3 is 15.0 Å². The van der Waals surface area contributed by atoms with E-state index in [0.717, 1.165) is 5.75 Å². The molecule has 0 saturated carbocycles. The number of hydrogen-bond acceptors (Lipinski definition) is 4. The Morgan fingerprint density at radius 2 is 1.82 bits per heavy atom. The summed E-state index contributed by atoms with van der Waals surface area (Å²) in [5.41, 5.74) is 0. The van der Waals surface area contributed by atoms with Gasteiger partial charge in [0.15, 0.2) is 0 Å². The Balaban J connectivity index is 2.22. The highest BCUT2D eigenvalue weighted by atomic mass is 16.5. The van der Waals surface area contributed by atoms with Gasteiger partial charge in [-0.05, 0) is 18.7 Å². The third kappa shape index (κ3) is 7.08. The molecule has 6 nitrogen and oxygen atoms in total. The van der Waals surface area contributed by atoms with Crippen LogP contribution in [0.5, 0.6) is 5.75 Å². The van der Waals surface area contributed by atoms with Gasteiger partial charge in [0, 0.05) is 14.1 Å². The minimum atomic E-state index is -0.106. The van der Waals surface area contributed by atoms with E-state index in [1.54, 1.807) is 19.0 Å². The Hall–Kier alpha value is -2.08. The Bertz CT molecular complexity index is 463. The maximum Gasteiger partial charge on any atom is 0.236 e. The predicted octanol–water partition coefficient (Wildman–Crippen LogP) is 0.592. The molecule has 1 N–H and O–H groups in total. The van der Waals surface area contributed by atoms with Crippen molar-refractivity contribution in [3.05, 3.63) is 30.3 Å². The number of likely N-dealkylation sites (N-methyl/N-ethyl adjacent to an activating group) is 2. The number of nitrogens with one attached hydrogen (secondary N) is 1. The summed E-state index contributed by atoms with van der Waals surface area (Å²) in [6.45, 7) is 3.88. The van der Waals surface area contributed by atoms with Crippen LogP contribution in [0.3, 0.4) is 0 Å². The second kappa shape index (κ2) is 9.78. The molecule has 0 atom stereocenters. The van der Waals surface area contributed by atoms with Crippen molar-refractivity contribution in [3.63, 3.8) is 0 Å². The molecule has 6 heteroatoms. The third-order valence-electron chi connectivity index (χ3n) is 3.11. The van der Waals surface area contributed by atoms with Crippen LogP contribution in [-0.4, -0.2) is 68.5 Å². The summed E-state index contributed by atoms with van der Waals surface area (Å²) in [7, 11) is 3.41. The molecule has 22 heavy (non-hydrogen) atoms. The number of nitrogens with zero attached hydrogens (tertiary/aromatic N) is 2. The van der Waals surface area contributed by atoms with Crippen molar-refractivity contribution >= 4 is 11.8 Å². The first kappa shape index (κ1) is 18.0. The highest BCUT2D eigenvalue weighted by molar-refractivity contribution is 5.80. The summed E-state index contributed by atoms with van der Waals surface area (Å²) in [4.78, 5) is 26.8. The minimum Gasteiger partial charge on any atom is -0.492 e. The van der Waals surface area contributed by atoms with E-state index in [1.807, 2.05) is 37.3 Å². The highest BCUT2D eigenvalue weighted by Crippen LogP contribution is 2.07. The maximum absolute atomic E-state index is 11.8. The minimum absolute atomic E-state index is 0.0120. The first-order valence-electron chi connectivity index (χ1n) is 7.40. The van der Waals surface area contributed by atoms with E-state index in [9.17, 15) is 9.59 Å². The maximum atomic E-state index is 11.8. The number of benzene rings is 1. The molecule has 0 spiro atoms. The van der Waals surface area contributed by atoms with Crippen molar-refractivity contribution in [1.82, 2.24) is 15.1 Å². The van der Waals surface area contributed by atoms with Crippen LogP contribution in [0, 0.1) is 0 Å². The topological polar surface area (TPSA) is 61.9 Å². The van der Waals surface area contributed by atoms with Crippen molar-refractivity contribution < 1.29 is 14.3 Å². The zero-order chi connectivity index (χ0) is 16.4. The van der Waals surface area contributed by atoms with Gasteiger partial charge in [-0.3, -0.25) is 14.5 Å². The Kier molecular flexibility index (Phi) is 7.99. The number of ether oxygens (including phenoxy) is 1. The van der Waals surface area contributed by atoms with Crippen LogP contribution in [0.15, 0.2) is 30.3 Å². The number of amides is 2. The molecule has 0 radical (unpaired) electrons. The van der Waals surface area contributed by atoms with E-state index >= 15 is 0 Å².